The number of hydrogen-bond donors (Lipinski definition) is 0. The zero-order chi connectivity index (χ0) is 18.0. The summed E-state index contributed by atoms with van der Waals surface area (Å²) in [4.78, 5) is 26.5. The van der Waals surface area contributed by atoms with Crippen LogP contribution in [0.1, 0.15) is 11.1 Å². The van der Waals surface area contributed by atoms with E-state index in [0.717, 1.165) is 26.3 Å². The molecule has 0 bridgehead atoms. The monoisotopic (exact) mass is 481 g/mol. The molecule has 0 unspecified atom stereocenters. The molecule has 1 aliphatic rings. The molecular weight excluding hydrogens is 470 g/mol. The van der Waals surface area contributed by atoms with Gasteiger partial charge in [0.15, 0.2) is 0 Å². The maximum atomic E-state index is 12.6. The van der Waals surface area contributed by atoms with Gasteiger partial charge in [-0.05, 0) is 51.5 Å². The molecule has 2 aromatic rings. The topological polar surface area (TPSA) is 46.6 Å². The van der Waals surface area contributed by atoms with Crippen LogP contribution in [-0.4, -0.2) is 23.2 Å². The lowest BCUT2D eigenvalue weighted by Crippen LogP contribution is -2.27. The number of amides is 2. The minimum atomic E-state index is -0.294. The van der Waals surface area contributed by atoms with Crippen LogP contribution < -0.4 is 4.74 Å². The van der Waals surface area contributed by atoms with Crippen LogP contribution in [0.25, 0.3) is 6.08 Å². The maximum absolute atomic E-state index is 12.6. The molecule has 2 amide bonds. The second kappa shape index (κ2) is 7.76. The highest BCUT2D eigenvalue weighted by atomic mass is 79.9. The third-order valence-electron chi connectivity index (χ3n) is 3.58. The molecule has 0 aliphatic carbocycles. The first kappa shape index (κ1) is 18.2. The van der Waals surface area contributed by atoms with Gasteiger partial charge in [-0.1, -0.05) is 46.3 Å². The molecular formula is C18H13Br2NO3S. The van der Waals surface area contributed by atoms with Crippen LogP contribution in [0.4, 0.5) is 4.79 Å². The van der Waals surface area contributed by atoms with E-state index in [1.54, 1.807) is 13.2 Å². The van der Waals surface area contributed by atoms with E-state index in [9.17, 15) is 9.59 Å². The Balaban J connectivity index is 1.91. The van der Waals surface area contributed by atoms with Crippen molar-refractivity contribution in [2.75, 3.05) is 7.11 Å². The molecule has 0 atom stereocenters. The van der Waals surface area contributed by atoms with Crippen LogP contribution in [0.5, 0.6) is 5.75 Å². The summed E-state index contributed by atoms with van der Waals surface area (Å²) >= 11 is 7.80. The molecule has 1 saturated heterocycles. The molecule has 0 spiro atoms. The SMILES string of the molecule is COc1c(Br)cc(Br)cc1/C=C1/SC(=O)N(Cc2ccccc2)C1=O. The molecule has 0 aromatic heterocycles. The van der Waals surface area contributed by atoms with Crippen molar-refractivity contribution in [1.82, 2.24) is 4.90 Å². The summed E-state index contributed by atoms with van der Waals surface area (Å²) < 4.78 is 7.00. The Kier molecular flexibility index (Phi) is 5.66. The van der Waals surface area contributed by atoms with E-state index in [4.69, 9.17) is 4.74 Å². The Labute approximate surface area is 166 Å². The largest absolute Gasteiger partial charge is 0.495 e. The molecule has 0 radical (unpaired) electrons. The molecule has 128 valence electrons. The molecule has 4 nitrogen and oxygen atoms in total. The van der Waals surface area contributed by atoms with Crippen molar-refractivity contribution in [2.45, 2.75) is 6.54 Å². The molecule has 1 fully saturated rings. The minimum absolute atomic E-state index is 0.266. The van der Waals surface area contributed by atoms with Crippen molar-refractivity contribution in [1.29, 1.82) is 0 Å². The molecule has 7 heteroatoms. The Morgan fingerprint density at radius 3 is 2.56 bits per heavy atom. The van der Waals surface area contributed by atoms with E-state index in [2.05, 4.69) is 31.9 Å². The second-order valence-electron chi connectivity index (χ2n) is 5.26. The molecule has 2 aromatic carbocycles. The Morgan fingerprint density at radius 1 is 1.16 bits per heavy atom. The number of halogens is 2. The molecule has 1 aliphatic heterocycles. The number of ether oxygens (including phenoxy) is 1. The van der Waals surface area contributed by atoms with Gasteiger partial charge in [-0.15, -0.1) is 0 Å². The van der Waals surface area contributed by atoms with Gasteiger partial charge in [-0.3, -0.25) is 14.5 Å². The zero-order valence-electron chi connectivity index (χ0n) is 13.2. The lowest BCUT2D eigenvalue weighted by Gasteiger charge is -2.12. The number of benzene rings is 2. The van der Waals surface area contributed by atoms with Crippen LogP contribution in [0.15, 0.2) is 56.3 Å². The number of nitrogens with zero attached hydrogens (tertiary/aromatic N) is 1. The van der Waals surface area contributed by atoms with Gasteiger partial charge in [-0.25, -0.2) is 0 Å². The minimum Gasteiger partial charge on any atom is -0.495 e. The number of hydrogen-bond acceptors (Lipinski definition) is 4. The fraction of sp³-hybridized carbons (Fsp3) is 0.111. The van der Waals surface area contributed by atoms with E-state index in [1.165, 1.54) is 4.90 Å². The number of imide groups is 1. The van der Waals surface area contributed by atoms with E-state index in [1.807, 2.05) is 42.5 Å². The van der Waals surface area contributed by atoms with E-state index < -0.39 is 0 Å². The van der Waals surface area contributed by atoms with Crippen LogP contribution in [-0.2, 0) is 11.3 Å². The highest BCUT2D eigenvalue weighted by Gasteiger charge is 2.35. The van der Waals surface area contributed by atoms with Gasteiger partial charge in [-0.2, -0.15) is 0 Å². The maximum Gasteiger partial charge on any atom is 0.293 e. The van der Waals surface area contributed by atoms with Crippen molar-refractivity contribution >= 4 is 60.8 Å². The average molecular weight is 483 g/mol. The third-order valence-corrected chi connectivity index (χ3v) is 5.54. The molecule has 3 rings (SSSR count). The van der Waals surface area contributed by atoms with Crippen molar-refractivity contribution in [3.63, 3.8) is 0 Å². The van der Waals surface area contributed by atoms with Crippen molar-refractivity contribution in [3.8, 4) is 5.75 Å². The van der Waals surface area contributed by atoms with Gasteiger partial charge >= 0.3 is 0 Å². The van der Waals surface area contributed by atoms with Crippen LogP contribution >= 0.6 is 43.6 Å². The smallest absolute Gasteiger partial charge is 0.293 e. The fourth-order valence-electron chi connectivity index (χ4n) is 2.45. The molecule has 25 heavy (non-hydrogen) atoms. The summed E-state index contributed by atoms with van der Waals surface area (Å²) in [5.74, 6) is 0.315. The lowest BCUT2D eigenvalue weighted by molar-refractivity contribution is -0.123. The summed E-state index contributed by atoms with van der Waals surface area (Å²) in [6.07, 6.45) is 1.68. The highest BCUT2D eigenvalue weighted by molar-refractivity contribution is 9.11. The van der Waals surface area contributed by atoms with Crippen molar-refractivity contribution < 1.29 is 14.3 Å². The molecule has 1 heterocycles. The zero-order valence-corrected chi connectivity index (χ0v) is 17.2. The molecule has 0 N–H and O–H groups in total. The van der Waals surface area contributed by atoms with Gasteiger partial charge in [0.25, 0.3) is 11.1 Å². The summed E-state index contributed by atoms with van der Waals surface area (Å²) in [7, 11) is 1.56. The van der Waals surface area contributed by atoms with E-state index in [-0.39, 0.29) is 17.7 Å². The number of methoxy groups -OCH3 is 1. The second-order valence-corrected chi connectivity index (χ2v) is 8.03. The average Bonchev–Trinajstić information content (AvgIpc) is 2.83. The van der Waals surface area contributed by atoms with Gasteiger partial charge in [0, 0.05) is 10.0 Å². The first-order valence-electron chi connectivity index (χ1n) is 7.32. The number of thioether (sulfide) groups is 1. The number of carbonyl (C=O) groups excluding carboxylic acids is 2. The van der Waals surface area contributed by atoms with Gasteiger partial charge in [0.05, 0.1) is 23.0 Å². The lowest BCUT2D eigenvalue weighted by atomic mass is 10.1. The van der Waals surface area contributed by atoms with Gasteiger partial charge < -0.3 is 4.74 Å². The molecule has 0 saturated carbocycles. The Bertz CT molecular complexity index is 868. The summed E-state index contributed by atoms with van der Waals surface area (Å²) in [5, 5.41) is -0.270. The predicted octanol–water partition coefficient (Wildman–Crippen LogP) is 5.46. The van der Waals surface area contributed by atoms with Crippen LogP contribution in [0, 0.1) is 0 Å². The first-order valence-corrected chi connectivity index (χ1v) is 9.72. The van der Waals surface area contributed by atoms with Gasteiger partial charge in [0.2, 0.25) is 0 Å². The van der Waals surface area contributed by atoms with Crippen LogP contribution in [0.3, 0.4) is 0 Å². The van der Waals surface area contributed by atoms with E-state index in [0.29, 0.717) is 16.2 Å². The summed E-state index contributed by atoms with van der Waals surface area (Å²) in [6.45, 7) is 0.266. The number of carbonyl (C=O) groups is 2. The summed E-state index contributed by atoms with van der Waals surface area (Å²) in [6, 6.07) is 13.1. The van der Waals surface area contributed by atoms with Crippen molar-refractivity contribution in [3.05, 3.63) is 67.4 Å². The summed E-state index contributed by atoms with van der Waals surface area (Å²) in [5.41, 5.74) is 1.63. The first-order chi connectivity index (χ1) is 12.0. The van der Waals surface area contributed by atoms with E-state index >= 15 is 0 Å². The Hall–Kier alpha value is -1.57. The van der Waals surface area contributed by atoms with Crippen LogP contribution in [0.2, 0.25) is 0 Å². The number of rotatable bonds is 4. The third kappa shape index (κ3) is 3.99. The normalized spacial score (nSPS) is 16.0. The Morgan fingerprint density at radius 2 is 1.88 bits per heavy atom. The predicted molar refractivity (Wildman–Crippen MR) is 106 cm³/mol. The fourth-order valence-corrected chi connectivity index (χ4v) is 4.70. The van der Waals surface area contributed by atoms with Crippen molar-refractivity contribution in [2.24, 2.45) is 0 Å². The highest BCUT2D eigenvalue weighted by Crippen LogP contribution is 2.38. The standard InChI is InChI=1S/C18H13Br2NO3S/c1-24-16-12(7-13(19)9-14(16)20)8-15-17(22)21(18(23)25-15)10-11-5-3-2-4-6-11/h2-9H,10H2,1H3/b15-8+. The quantitative estimate of drug-likeness (QED) is 0.543. The van der Waals surface area contributed by atoms with Gasteiger partial charge in [0.1, 0.15) is 5.75 Å².